The lowest BCUT2D eigenvalue weighted by Gasteiger charge is -2.24. The standard InChI is InChI=1S/C9H18N2O2/c1-6(2)8(12)7(3)11(5)9(13)10-4/h6-7H,1-5H3,(H,10,13). The average Bonchev–Trinajstić information content (AvgIpc) is 2.12. The molecule has 4 nitrogen and oxygen atoms in total. The molecule has 0 aliphatic rings. The molecule has 0 aliphatic heterocycles. The Morgan fingerprint density at radius 2 is 1.69 bits per heavy atom. The molecule has 0 saturated carbocycles. The number of ketones is 1. The Morgan fingerprint density at radius 1 is 1.23 bits per heavy atom. The zero-order valence-corrected chi connectivity index (χ0v) is 8.92. The van der Waals surface area contributed by atoms with Crippen LogP contribution in [0.1, 0.15) is 20.8 Å². The number of hydrogen-bond acceptors (Lipinski definition) is 2. The molecule has 76 valence electrons. The van der Waals surface area contributed by atoms with Gasteiger partial charge in [0.1, 0.15) is 0 Å². The Labute approximate surface area is 79.3 Å². The summed E-state index contributed by atoms with van der Waals surface area (Å²) in [6.45, 7) is 5.39. The van der Waals surface area contributed by atoms with E-state index < -0.39 is 0 Å². The van der Waals surface area contributed by atoms with Crippen LogP contribution in [0.5, 0.6) is 0 Å². The molecule has 0 rings (SSSR count). The molecular weight excluding hydrogens is 168 g/mol. The fraction of sp³-hybridized carbons (Fsp3) is 0.778. The van der Waals surface area contributed by atoms with E-state index in [1.54, 1.807) is 21.0 Å². The summed E-state index contributed by atoms with van der Waals surface area (Å²) in [7, 11) is 3.16. The van der Waals surface area contributed by atoms with Gasteiger partial charge >= 0.3 is 6.03 Å². The first kappa shape index (κ1) is 11.9. The third-order valence-electron chi connectivity index (χ3n) is 2.10. The van der Waals surface area contributed by atoms with E-state index in [2.05, 4.69) is 5.32 Å². The molecule has 0 fully saturated rings. The van der Waals surface area contributed by atoms with Crippen LogP contribution in [-0.2, 0) is 4.79 Å². The lowest BCUT2D eigenvalue weighted by Crippen LogP contribution is -2.45. The summed E-state index contributed by atoms with van der Waals surface area (Å²) in [6, 6.07) is -0.596. The van der Waals surface area contributed by atoms with Gasteiger partial charge in [-0.15, -0.1) is 0 Å². The van der Waals surface area contributed by atoms with E-state index >= 15 is 0 Å². The molecule has 0 aromatic carbocycles. The lowest BCUT2D eigenvalue weighted by atomic mass is 10.0. The van der Waals surface area contributed by atoms with Crippen LogP contribution in [0.2, 0.25) is 0 Å². The summed E-state index contributed by atoms with van der Waals surface area (Å²) < 4.78 is 0. The molecule has 13 heavy (non-hydrogen) atoms. The summed E-state index contributed by atoms with van der Waals surface area (Å²) in [5.74, 6) is 0.0354. The lowest BCUT2D eigenvalue weighted by molar-refractivity contribution is -0.125. The molecule has 0 saturated heterocycles. The number of likely N-dealkylation sites (N-methyl/N-ethyl adjacent to an activating group) is 1. The van der Waals surface area contributed by atoms with Crippen molar-refractivity contribution in [2.24, 2.45) is 5.92 Å². The minimum absolute atomic E-state index is 0.0397. The van der Waals surface area contributed by atoms with Crippen molar-refractivity contribution in [2.75, 3.05) is 14.1 Å². The van der Waals surface area contributed by atoms with Gasteiger partial charge in [-0.05, 0) is 6.92 Å². The fourth-order valence-electron chi connectivity index (χ4n) is 1.03. The molecule has 0 bridgehead atoms. The second-order valence-corrected chi connectivity index (χ2v) is 3.40. The Kier molecular flexibility index (Phi) is 4.45. The zero-order valence-electron chi connectivity index (χ0n) is 8.92. The topological polar surface area (TPSA) is 49.4 Å². The Balaban J connectivity index is 4.33. The number of hydrogen-bond donors (Lipinski definition) is 1. The summed E-state index contributed by atoms with van der Waals surface area (Å²) in [5.41, 5.74) is 0. The van der Waals surface area contributed by atoms with Crippen molar-refractivity contribution < 1.29 is 9.59 Å². The van der Waals surface area contributed by atoms with Crippen molar-refractivity contribution in [2.45, 2.75) is 26.8 Å². The summed E-state index contributed by atoms with van der Waals surface area (Å²) in [4.78, 5) is 24.0. The predicted octanol–water partition coefficient (Wildman–Crippen LogP) is 0.871. The molecule has 4 heteroatoms. The molecular formula is C9H18N2O2. The molecule has 0 aromatic rings. The van der Waals surface area contributed by atoms with Crippen LogP contribution in [0, 0.1) is 5.92 Å². The highest BCUT2D eigenvalue weighted by molar-refractivity contribution is 5.89. The first-order valence-electron chi connectivity index (χ1n) is 4.40. The molecule has 0 radical (unpaired) electrons. The highest BCUT2D eigenvalue weighted by Crippen LogP contribution is 2.05. The maximum absolute atomic E-state index is 11.5. The minimum atomic E-state index is -0.361. The van der Waals surface area contributed by atoms with Crippen molar-refractivity contribution in [3.05, 3.63) is 0 Å². The van der Waals surface area contributed by atoms with Gasteiger partial charge in [-0.3, -0.25) is 4.79 Å². The number of amides is 2. The Bertz CT molecular complexity index is 202. The minimum Gasteiger partial charge on any atom is -0.341 e. The van der Waals surface area contributed by atoms with Crippen molar-refractivity contribution in [1.29, 1.82) is 0 Å². The highest BCUT2D eigenvalue weighted by Gasteiger charge is 2.23. The van der Waals surface area contributed by atoms with Gasteiger partial charge in [0.25, 0.3) is 0 Å². The van der Waals surface area contributed by atoms with Gasteiger partial charge in [0.2, 0.25) is 0 Å². The molecule has 0 aliphatic carbocycles. The largest absolute Gasteiger partial charge is 0.341 e. The average molecular weight is 186 g/mol. The van der Waals surface area contributed by atoms with Crippen LogP contribution in [0.3, 0.4) is 0 Å². The molecule has 2 amide bonds. The van der Waals surface area contributed by atoms with E-state index in [4.69, 9.17) is 0 Å². The number of urea groups is 1. The number of nitrogens with one attached hydrogen (secondary N) is 1. The second kappa shape index (κ2) is 4.84. The molecule has 0 spiro atoms. The van der Waals surface area contributed by atoms with E-state index in [0.717, 1.165) is 0 Å². The van der Waals surface area contributed by atoms with Gasteiger partial charge in [-0.25, -0.2) is 4.79 Å². The number of nitrogens with zero attached hydrogens (tertiary/aromatic N) is 1. The SMILES string of the molecule is CNC(=O)N(C)C(C)C(=O)C(C)C. The summed E-state index contributed by atoms with van der Waals surface area (Å²) in [6.07, 6.45) is 0. The molecule has 1 unspecified atom stereocenters. The van der Waals surface area contributed by atoms with Crippen molar-refractivity contribution in [3.8, 4) is 0 Å². The van der Waals surface area contributed by atoms with E-state index in [0.29, 0.717) is 0 Å². The first-order chi connectivity index (χ1) is 5.91. The van der Waals surface area contributed by atoms with Crippen LogP contribution < -0.4 is 5.32 Å². The molecule has 1 atom stereocenters. The van der Waals surface area contributed by atoms with E-state index in [1.165, 1.54) is 4.90 Å². The van der Waals surface area contributed by atoms with E-state index in [-0.39, 0.29) is 23.8 Å². The second-order valence-electron chi connectivity index (χ2n) is 3.40. The summed E-state index contributed by atoms with van der Waals surface area (Å²) >= 11 is 0. The number of carbonyl (C=O) groups excluding carboxylic acids is 2. The third kappa shape index (κ3) is 3.05. The van der Waals surface area contributed by atoms with Gasteiger partial charge in [-0.2, -0.15) is 0 Å². The zero-order chi connectivity index (χ0) is 10.6. The van der Waals surface area contributed by atoms with Crippen LogP contribution in [0.4, 0.5) is 4.79 Å². The quantitative estimate of drug-likeness (QED) is 0.711. The Hall–Kier alpha value is -1.06. The molecule has 0 aromatic heterocycles. The Morgan fingerprint density at radius 3 is 2.00 bits per heavy atom. The summed E-state index contributed by atoms with van der Waals surface area (Å²) in [5, 5.41) is 2.47. The predicted molar refractivity (Wildman–Crippen MR) is 51.5 cm³/mol. The van der Waals surface area contributed by atoms with Gasteiger partial charge in [0.05, 0.1) is 6.04 Å². The van der Waals surface area contributed by atoms with Gasteiger partial charge in [-0.1, -0.05) is 13.8 Å². The number of rotatable bonds is 3. The normalized spacial score (nSPS) is 12.5. The fourth-order valence-corrected chi connectivity index (χ4v) is 1.03. The molecule has 0 heterocycles. The molecule has 1 N–H and O–H groups in total. The highest BCUT2D eigenvalue weighted by atomic mass is 16.2. The number of carbonyl (C=O) groups is 2. The maximum Gasteiger partial charge on any atom is 0.317 e. The van der Waals surface area contributed by atoms with E-state index in [9.17, 15) is 9.59 Å². The van der Waals surface area contributed by atoms with Crippen LogP contribution in [0.15, 0.2) is 0 Å². The van der Waals surface area contributed by atoms with Crippen molar-refractivity contribution in [1.82, 2.24) is 10.2 Å². The third-order valence-corrected chi connectivity index (χ3v) is 2.10. The maximum atomic E-state index is 11.5. The smallest absolute Gasteiger partial charge is 0.317 e. The van der Waals surface area contributed by atoms with E-state index in [1.807, 2.05) is 13.8 Å². The van der Waals surface area contributed by atoms with Crippen LogP contribution in [-0.4, -0.2) is 36.9 Å². The number of Topliss-reactive ketones (excluding diaryl/α,β-unsaturated/α-hetero) is 1. The van der Waals surface area contributed by atoms with Gasteiger partial charge < -0.3 is 10.2 Å². The first-order valence-corrected chi connectivity index (χ1v) is 4.40. The monoisotopic (exact) mass is 186 g/mol. The van der Waals surface area contributed by atoms with Gasteiger partial charge in [0, 0.05) is 20.0 Å². The van der Waals surface area contributed by atoms with Crippen LogP contribution >= 0.6 is 0 Å². The van der Waals surface area contributed by atoms with Gasteiger partial charge in [0.15, 0.2) is 5.78 Å². The van der Waals surface area contributed by atoms with Crippen molar-refractivity contribution >= 4 is 11.8 Å². The van der Waals surface area contributed by atoms with Crippen LogP contribution in [0.25, 0.3) is 0 Å². The van der Waals surface area contributed by atoms with Crippen molar-refractivity contribution in [3.63, 3.8) is 0 Å².